The van der Waals surface area contributed by atoms with Crippen LogP contribution in [0.15, 0.2) is 30.3 Å². The van der Waals surface area contributed by atoms with E-state index < -0.39 is 5.82 Å². The van der Waals surface area contributed by atoms with E-state index in [1.807, 2.05) is 0 Å². The first kappa shape index (κ1) is 13.5. The van der Waals surface area contributed by atoms with Crippen molar-refractivity contribution in [3.8, 4) is 0 Å². The van der Waals surface area contributed by atoms with Crippen LogP contribution >= 0.6 is 11.6 Å². The Morgan fingerprint density at radius 3 is 2.68 bits per heavy atom. The van der Waals surface area contributed by atoms with Crippen LogP contribution in [0, 0.1) is 19.7 Å². The minimum Gasteiger partial charge on any atom is -0.320 e. The van der Waals surface area contributed by atoms with Crippen molar-refractivity contribution in [1.29, 1.82) is 0 Å². The number of aryl methyl sites for hydroxylation is 2. The zero-order chi connectivity index (χ0) is 14.0. The van der Waals surface area contributed by atoms with Crippen LogP contribution in [0.2, 0.25) is 5.15 Å². The van der Waals surface area contributed by atoms with Gasteiger partial charge in [0.25, 0.3) is 5.91 Å². The Balaban J connectivity index is 2.28. The first-order valence-electron chi connectivity index (χ1n) is 5.68. The van der Waals surface area contributed by atoms with Crippen molar-refractivity contribution >= 4 is 23.2 Å². The van der Waals surface area contributed by atoms with Gasteiger partial charge in [-0.3, -0.25) is 4.79 Å². The van der Waals surface area contributed by atoms with Crippen molar-refractivity contribution in [2.75, 3.05) is 5.32 Å². The minimum atomic E-state index is -0.443. The Morgan fingerprint density at radius 2 is 2.00 bits per heavy atom. The number of carbonyl (C=O) groups is 1. The van der Waals surface area contributed by atoms with Gasteiger partial charge in [-0.1, -0.05) is 17.7 Å². The third-order valence-electron chi connectivity index (χ3n) is 2.74. The summed E-state index contributed by atoms with van der Waals surface area (Å²) in [4.78, 5) is 16.1. The van der Waals surface area contributed by atoms with Crippen molar-refractivity contribution < 1.29 is 9.18 Å². The van der Waals surface area contributed by atoms with Crippen molar-refractivity contribution in [2.24, 2.45) is 0 Å². The summed E-state index contributed by atoms with van der Waals surface area (Å²) in [6.07, 6.45) is 0. The number of nitrogens with zero attached hydrogens (tertiary/aromatic N) is 1. The highest BCUT2D eigenvalue weighted by Gasteiger charge is 2.12. The molecule has 0 atom stereocenters. The number of anilines is 1. The lowest BCUT2D eigenvalue weighted by molar-refractivity contribution is 0.102. The fourth-order valence-corrected chi connectivity index (χ4v) is 1.88. The normalized spacial score (nSPS) is 10.3. The smallest absolute Gasteiger partial charge is 0.256 e. The molecule has 0 spiro atoms. The second-order valence-electron chi connectivity index (χ2n) is 4.18. The van der Waals surface area contributed by atoms with E-state index in [4.69, 9.17) is 11.6 Å². The van der Waals surface area contributed by atoms with E-state index in [0.717, 1.165) is 0 Å². The van der Waals surface area contributed by atoms with E-state index >= 15 is 0 Å². The van der Waals surface area contributed by atoms with E-state index in [1.54, 1.807) is 32.0 Å². The van der Waals surface area contributed by atoms with Crippen molar-refractivity contribution in [1.82, 2.24) is 4.98 Å². The molecule has 1 amide bonds. The lowest BCUT2D eigenvalue weighted by atomic mass is 10.1. The van der Waals surface area contributed by atoms with Crippen LogP contribution in [0.25, 0.3) is 0 Å². The lowest BCUT2D eigenvalue weighted by Crippen LogP contribution is -2.14. The van der Waals surface area contributed by atoms with Gasteiger partial charge in [0.15, 0.2) is 0 Å². The number of hydrogen-bond acceptors (Lipinski definition) is 2. The number of nitrogens with one attached hydrogen (secondary N) is 1. The van der Waals surface area contributed by atoms with Gasteiger partial charge in [0.05, 0.1) is 11.4 Å². The highest BCUT2D eigenvalue weighted by molar-refractivity contribution is 6.29. The number of hydrogen-bond donors (Lipinski definition) is 1. The lowest BCUT2D eigenvalue weighted by Gasteiger charge is -2.09. The second kappa shape index (κ2) is 5.36. The van der Waals surface area contributed by atoms with Crippen molar-refractivity contribution in [3.05, 3.63) is 58.1 Å². The molecule has 1 aromatic heterocycles. The van der Waals surface area contributed by atoms with Gasteiger partial charge in [0.2, 0.25) is 0 Å². The van der Waals surface area contributed by atoms with Gasteiger partial charge in [0.1, 0.15) is 11.0 Å². The molecule has 1 aromatic carbocycles. The molecule has 98 valence electrons. The summed E-state index contributed by atoms with van der Waals surface area (Å²) in [6, 6.07) is 7.35. The number of benzene rings is 1. The molecule has 0 aliphatic rings. The average molecular weight is 279 g/mol. The zero-order valence-corrected chi connectivity index (χ0v) is 11.3. The van der Waals surface area contributed by atoms with Gasteiger partial charge in [-0.2, -0.15) is 0 Å². The van der Waals surface area contributed by atoms with Gasteiger partial charge in [-0.15, -0.1) is 0 Å². The van der Waals surface area contributed by atoms with E-state index in [-0.39, 0.29) is 5.91 Å². The predicted molar refractivity (Wildman–Crippen MR) is 73.1 cm³/mol. The average Bonchev–Trinajstić information content (AvgIpc) is 2.35. The molecule has 0 aliphatic carbocycles. The SMILES string of the molecule is Cc1ccc(F)cc1C(=O)Nc1ccc(Cl)nc1C. The van der Waals surface area contributed by atoms with Gasteiger partial charge in [-0.25, -0.2) is 9.37 Å². The Morgan fingerprint density at radius 1 is 1.26 bits per heavy atom. The van der Waals surface area contributed by atoms with Gasteiger partial charge >= 0.3 is 0 Å². The van der Waals surface area contributed by atoms with Crippen LogP contribution in [-0.2, 0) is 0 Å². The first-order valence-corrected chi connectivity index (χ1v) is 6.06. The Labute approximate surface area is 115 Å². The molecular weight excluding hydrogens is 267 g/mol. The molecule has 3 nitrogen and oxygen atoms in total. The molecule has 0 fully saturated rings. The highest BCUT2D eigenvalue weighted by atomic mass is 35.5. The van der Waals surface area contributed by atoms with Crippen LogP contribution in [0.3, 0.4) is 0 Å². The largest absolute Gasteiger partial charge is 0.320 e. The second-order valence-corrected chi connectivity index (χ2v) is 4.57. The third kappa shape index (κ3) is 3.09. The molecular formula is C14H12ClFN2O. The molecule has 2 aromatic rings. The fourth-order valence-electron chi connectivity index (χ4n) is 1.69. The summed E-state index contributed by atoms with van der Waals surface area (Å²) >= 11 is 5.74. The van der Waals surface area contributed by atoms with Gasteiger partial charge in [0, 0.05) is 5.56 Å². The van der Waals surface area contributed by atoms with Crippen LogP contribution in [0.4, 0.5) is 10.1 Å². The summed E-state index contributed by atoms with van der Waals surface area (Å²) in [5.74, 6) is -0.814. The quantitative estimate of drug-likeness (QED) is 0.850. The summed E-state index contributed by atoms with van der Waals surface area (Å²) in [5, 5.41) is 3.05. The summed E-state index contributed by atoms with van der Waals surface area (Å²) < 4.78 is 13.2. The molecule has 0 unspecified atom stereocenters. The van der Waals surface area contributed by atoms with E-state index in [1.165, 1.54) is 12.1 Å². The van der Waals surface area contributed by atoms with Crippen LogP contribution in [0.5, 0.6) is 0 Å². The Kier molecular flexibility index (Phi) is 3.81. The van der Waals surface area contributed by atoms with Gasteiger partial charge < -0.3 is 5.32 Å². The maximum Gasteiger partial charge on any atom is 0.256 e. The number of amides is 1. The maximum atomic E-state index is 13.2. The highest BCUT2D eigenvalue weighted by Crippen LogP contribution is 2.18. The topological polar surface area (TPSA) is 42.0 Å². The zero-order valence-electron chi connectivity index (χ0n) is 10.5. The summed E-state index contributed by atoms with van der Waals surface area (Å²) in [7, 11) is 0. The summed E-state index contributed by atoms with van der Waals surface area (Å²) in [6.45, 7) is 3.49. The Bertz CT molecular complexity index is 643. The monoisotopic (exact) mass is 278 g/mol. The fraction of sp³-hybridized carbons (Fsp3) is 0.143. The molecule has 0 bridgehead atoms. The number of rotatable bonds is 2. The molecule has 2 rings (SSSR count). The molecule has 0 saturated heterocycles. The van der Waals surface area contributed by atoms with Crippen LogP contribution in [0.1, 0.15) is 21.6 Å². The molecule has 5 heteroatoms. The van der Waals surface area contributed by atoms with E-state index in [0.29, 0.717) is 27.7 Å². The molecule has 0 saturated carbocycles. The maximum absolute atomic E-state index is 13.2. The van der Waals surface area contributed by atoms with Crippen molar-refractivity contribution in [3.63, 3.8) is 0 Å². The van der Waals surface area contributed by atoms with Gasteiger partial charge in [-0.05, 0) is 43.7 Å². The van der Waals surface area contributed by atoms with Crippen LogP contribution < -0.4 is 5.32 Å². The first-order chi connectivity index (χ1) is 8.97. The molecule has 19 heavy (non-hydrogen) atoms. The minimum absolute atomic E-state index is 0.300. The molecule has 0 aliphatic heterocycles. The Hall–Kier alpha value is -1.94. The number of halogens is 2. The number of aromatic nitrogens is 1. The number of carbonyl (C=O) groups excluding carboxylic acids is 1. The van der Waals surface area contributed by atoms with Crippen molar-refractivity contribution in [2.45, 2.75) is 13.8 Å². The third-order valence-corrected chi connectivity index (χ3v) is 2.95. The standard InChI is InChI=1S/C14H12ClFN2O/c1-8-3-4-10(16)7-11(8)14(19)18-12-5-6-13(15)17-9(12)2/h3-7H,1-2H3,(H,18,19). The van der Waals surface area contributed by atoms with E-state index in [9.17, 15) is 9.18 Å². The molecule has 0 radical (unpaired) electrons. The van der Waals surface area contributed by atoms with Crippen LogP contribution in [-0.4, -0.2) is 10.9 Å². The summed E-state index contributed by atoms with van der Waals surface area (Å²) in [5.41, 5.74) is 2.17. The molecule has 1 N–H and O–H groups in total. The molecule has 1 heterocycles. The predicted octanol–water partition coefficient (Wildman–Crippen LogP) is 3.74. The van der Waals surface area contributed by atoms with E-state index in [2.05, 4.69) is 10.3 Å². The number of pyridine rings is 1.